The Bertz CT molecular complexity index is 861. The molecule has 0 saturated carbocycles. The zero-order chi connectivity index (χ0) is 16.4. The molecule has 0 unspecified atom stereocenters. The second-order valence-corrected chi connectivity index (χ2v) is 4.92. The van der Waals surface area contributed by atoms with Crippen LogP contribution in [0.25, 0.3) is 16.9 Å². The Morgan fingerprint density at radius 2 is 2.17 bits per heavy atom. The first-order valence-electron chi connectivity index (χ1n) is 6.83. The van der Waals surface area contributed by atoms with Crippen LogP contribution in [-0.4, -0.2) is 30.0 Å². The smallest absolute Gasteiger partial charge is 0.271 e. The van der Waals surface area contributed by atoms with E-state index in [1.165, 1.54) is 16.8 Å². The van der Waals surface area contributed by atoms with Crippen LogP contribution in [0.1, 0.15) is 11.3 Å². The summed E-state index contributed by atoms with van der Waals surface area (Å²) in [6, 6.07) is 8.10. The number of pyridine rings is 1. The molecule has 1 aromatic carbocycles. The van der Waals surface area contributed by atoms with Gasteiger partial charge in [-0.25, -0.2) is 4.68 Å². The molecule has 0 aliphatic rings. The van der Waals surface area contributed by atoms with Crippen molar-refractivity contribution in [1.82, 2.24) is 20.0 Å². The summed E-state index contributed by atoms with van der Waals surface area (Å²) in [6.45, 7) is 1.53. The van der Waals surface area contributed by atoms with Gasteiger partial charge in [0.25, 0.3) is 5.69 Å². The second-order valence-electron chi connectivity index (χ2n) is 4.92. The van der Waals surface area contributed by atoms with Crippen LogP contribution in [0.4, 0.5) is 5.69 Å². The molecule has 0 amide bonds. The fraction of sp³-hybridized carbons (Fsp3) is 0.133. The minimum Gasteiger partial charge on any atom is -0.390 e. The van der Waals surface area contributed by atoms with Gasteiger partial charge in [-0.15, -0.1) is 5.10 Å². The summed E-state index contributed by atoms with van der Waals surface area (Å²) in [6.07, 6.45) is 3.26. The van der Waals surface area contributed by atoms with E-state index in [1.807, 2.05) is 13.0 Å². The topological polar surface area (TPSA) is 107 Å². The van der Waals surface area contributed by atoms with Gasteiger partial charge in [0.2, 0.25) is 0 Å². The Kier molecular flexibility index (Phi) is 3.82. The van der Waals surface area contributed by atoms with Crippen LogP contribution in [0, 0.1) is 17.0 Å². The number of non-ortho nitro benzene ring substituents is 1. The molecular weight excluding hydrogens is 298 g/mol. The van der Waals surface area contributed by atoms with Crippen molar-refractivity contribution in [3.05, 3.63) is 64.1 Å². The Labute approximate surface area is 131 Å². The molecule has 1 N–H and O–H groups in total. The molecule has 0 aliphatic heterocycles. The van der Waals surface area contributed by atoms with E-state index in [4.69, 9.17) is 0 Å². The molecule has 3 aromatic rings. The summed E-state index contributed by atoms with van der Waals surface area (Å²) in [7, 11) is 0. The highest BCUT2D eigenvalue weighted by molar-refractivity contribution is 5.64. The quantitative estimate of drug-likeness (QED) is 0.583. The van der Waals surface area contributed by atoms with E-state index < -0.39 is 4.92 Å². The maximum atomic E-state index is 11.0. The molecule has 2 aromatic heterocycles. The van der Waals surface area contributed by atoms with E-state index in [0.29, 0.717) is 22.6 Å². The molecule has 3 rings (SSSR count). The highest BCUT2D eigenvalue weighted by Gasteiger charge is 2.19. The van der Waals surface area contributed by atoms with Crippen LogP contribution in [0.2, 0.25) is 0 Å². The summed E-state index contributed by atoms with van der Waals surface area (Å²) in [5.74, 6) is 0. The molecule has 0 bridgehead atoms. The summed E-state index contributed by atoms with van der Waals surface area (Å²) >= 11 is 0. The number of nitrogens with zero attached hydrogens (tertiary/aromatic N) is 5. The fourth-order valence-electron chi connectivity index (χ4n) is 2.32. The Balaban J connectivity index is 2.24. The van der Waals surface area contributed by atoms with E-state index in [9.17, 15) is 15.2 Å². The van der Waals surface area contributed by atoms with Crippen molar-refractivity contribution in [1.29, 1.82) is 0 Å². The summed E-state index contributed by atoms with van der Waals surface area (Å²) in [4.78, 5) is 14.6. The molecule has 8 heteroatoms. The zero-order valence-electron chi connectivity index (χ0n) is 12.2. The molecule has 0 fully saturated rings. The van der Waals surface area contributed by atoms with Crippen molar-refractivity contribution in [2.24, 2.45) is 0 Å². The number of aliphatic hydroxyl groups is 1. The fourth-order valence-corrected chi connectivity index (χ4v) is 2.32. The third-order valence-electron chi connectivity index (χ3n) is 3.46. The first kappa shape index (κ1) is 14.8. The van der Waals surface area contributed by atoms with Crippen molar-refractivity contribution in [2.75, 3.05) is 0 Å². The first-order valence-corrected chi connectivity index (χ1v) is 6.83. The van der Waals surface area contributed by atoms with Gasteiger partial charge in [-0.3, -0.25) is 15.1 Å². The van der Waals surface area contributed by atoms with E-state index in [0.717, 1.165) is 5.56 Å². The van der Waals surface area contributed by atoms with Crippen LogP contribution in [0.3, 0.4) is 0 Å². The SMILES string of the molecule is Cc1ccc([N+](=O)[O-])cc1-n1nnc(CO)c1-c1cccnc1. The average molecular weight is 311 g/mol. The van der Waals surface area contributed by atoms with Gasteiger partial charge < -0.3 is 5.11 Å². The molecule has 0 radical (unpaired) electrons. The molecule has 23 heavy (non-hydrogen) atoms. The number of aryl methyl sites for hydroxylation is 1. The number of rotatable bonds is 4. The van der Waals surface area contributed by atoms with Crippen molar-refractivity contribution in [3.8, 4) is 16.9 Å². The molecule has 8 nitrogen and oxygen atoms in total. The molecule has 116 valence electrons. The Hall–Kier alpha value is -3.13. The number of nitro benzene ring substituents is 1. The number of hydrogen-bond donors (Lipinski definition) is 1. The molecule has 0 aliphatic carbocycles. The standard InChI is InChI=1S/C15H13N5O3/c1-10-4-5-12(20(22)23)7-14(10)19-15(13(9-21)17-18-19)11-3-2-6-16-8-11/h2-8,21H,9H2,1H3. The van der Waals surface area contributed by atoms with Gasteiger partial charge in [0.05, 0.1) is 17.2 Å². The van der Waals surface area contributed by atoms with Crippen molar-refractivity contribution < 1.29 is 10.0 Å². The van der Waals surface area contributed by atoms with Crippen LogP contribution >= 0.6 is 0 Å². The summed E-state index contributed by atoms with van der Waals surface area (Å²) in [5.41, 5.74) is 2.95. The Morgan fingerprint density at radius 3 is 2.83 bits per heavy atom. The van der Waals surface area contributed by atoms with Gasteiger partial charge in [-0.2, -0.15) is 0 Å². The van der Waals surface area contributed by atoms with E-state index in [1.54, 1.807) is 24.5 Å². The Morgan fingerprint density at radius 1 is 1.35 bits per heavy atom. The molecule has 0 atom stereocenters. The van der Waals surface area contributed by atoms with Crippen molar-refractivity contribution >= 4 is 5.69 Å². The largest absolute Gasteiger partial charge is 0.390 e. The van der Waals surface area contributed by atoms with Crippen LogP contribution in [-0.2, 0) is 6.61 Å². The molecular formula is C15H13N5O3. The molecule has 0 saturated heterocycles. The zero-order valence-corrected chi connectivity index (χ0v) is 12.2. The molecule has 0 spiro atoms. The summed E-state index contributed by atoms with van der Waals surface area (Å²) in [5, 5.41) is 28.5. The lowest BCUT2D eigenvalue weighted by molar-refractivity contribution is -0.384. The van der Waals surface area contributed by atoms with Gasteiger partial charge >= 0.3 is 0 Å². The van der Waals surface area contributed by atoms with Gasteiger partial charge in [-0.1, -0.05) is 11.3 Å². The van der Waals surface area contributed by atoms with E-state index in [2.05, 4.69) is 15.3 Å². The minimum atomic E-state index is -0.462. The highest BCUT2D eigenvalue weighted by Crippen LogP contribution is 2.28. The third-order valence-corrected chi connectivity index (χ3v) is 3.46. The van der Waals surface area contributed by atoms with Gasteiger partial charge in [-0.05, 0) is 24.6 Å². The first-order chi connectivity index (χ1) is 11.1. The van der Waals surface area contributed by atoms with Crippen LogP contribution in [0.15, 0.2) is 42.7 Å². The van der Waals surface area contributed by atoms with Gasteiger partial charge in [0.1, 0.15) is 11.4 Å². The van der Waals surface area contributed by atoms with Crippen molar-refractivity contribution in [2.45, 2.75) is 13.5 Å². The molecule has 2 heterocycles. The summed E-state index contributed by atoms with van der Waals surface area (Å²) < 4.78 is 1.49. The predicted octanol–water partition coefficient (Wildman–Crippen LogP) is 2.04. The van der Waals surface area contributed by atoms with E-state index >= 15 is 0 Å². The van der Waals surface area contributed by atoms with Gasteiger partial charge in [0.15, 0.2) is 0 Å². The maximum absolute atomic E-state index is 11.0. The lowest BCUT2D eigenvalue weighted by atomic mass is 10.1. The lowest BCUT2D eigenvalue weighted by Gasteiger charge is -2.10. The maximum Gasteiger partial charge on any atom is 0.271 e. The number of benzene rings is 1. The number of aliphatic hydroxyl groups excluding tert-OH is 1. The van der Waals surface area contributed by atoms with Gasteiger partial charge in [0, 0.05) is 30.1 Å². The lowest BCUT2D eigenvalue weighted by Crippen LogP contribution is -2.03. The third kappa shape index (κ3) is 2.67. The number of nitro groups is 1. The van der Waals surface area contributed by atoms with E-state index in [-0.39, 0.29) is 12.3 Å². The minimum absolute atomic E-state index is 0.0382. The van der Waals surface area contributed by atoms with Crippen molar-refractivity contribution in [3.63, 3.8) is 0 Å². The normalized spacial score (nSPS) is 10.7. The number of aromatic nitrogens is 4. The monoisotopic (exact) mass is 311 g/mol. The second kappa shape index (κ2) is 5.93. The van der Waals surface area contributed by atoms with Crippen LogP contribution < -0.4 is 0 Å². The van der Waals surface area contributed by atoms with Crippen LogP contribution in [0.5, 0.6) is 0 Å². The highest BCUT2D eigenvalue weighted by atomic mass is 16.6. The predicted molar refractivity (Wildman–Crippen MR) is 81.9 cm³/mol. The number of hydrogen-bond acceptors (Lipinski definition) is 6. The average Bonchev–Trinajstić information content (AvgIpc) is 2.99.